The number of aromatic amines is 1. The van der Waals surface area contributed by atoms with Gasteiger partial charge in [0.25, 0.3) is 0 Å². The summed E-state index contributed by atoms with van der Waals surface area (Å²) in [5.41, 5.74) is 5.20. The van der Waals surface area contributed by atoms with Crippen molar-refractivity contribution in [2.24, 2.45) is 0 Å². The van der Waals surface area contributed by atoms with Crippen LogP contribution in [0.4, 0.5) is 19.1 Å². The molecular weight excluding hydrogens is 483 g/mol. The molecule has 190 valence electrons. The van der Waals surface area contributed by atoms with E-state index in [1.54, 1.807) is 12.1 Å². The third kappa shape index (κ3) is 5.55. The van der Waals surface area contributed by atoms with Crippen LogP contribution >= 0.6 is 0 Å². The lowest BCUT2D eigenvalue weighted by molar-refractivity contribution is -0.138. The molecule has 0 radical (unpaired) electrons. The number of nitrogens with one attached hydrogen (secondary N) is 2. The summed E-state index contributed by atoms with van der Waals surface area (Å²) in [7, 11) is 0. The fourth-order valence-corrected chi connectivity index (χ4v) is 3.98. The number of anilines is 1. The highest BCUT2D eigenvalue weighted by Gasteiger charge is 2.31. The zero-order chi connectivity index (χ0) is 26.0. The minimum Gasteiger partial charge on any atom is -0.424 e. The summed E-state index contributed by atoms with van der Waals surface area (Å²) < 4.78 is 45.6. The first-order chi connectivity index (χ1) is 17.8. The van der Waals surface area contributed by atoms with Crippen LogP contribution in [0.2, 0.25) is 0 Å². The van der Waals surface area contributed by atoms with Crippen molar-refractivity contribution in [2.45, 2.75) is 39.5 Å². The van der Waals surface area contributed by atoms with E-state index in [1.807, 2.05) is 31.2 Å². The molecule has 0 unspecified atom stereocenters. The Morgan fingerprint density at radius 1 is 1.00 bits per heavy atom. The van der Waals surface area contributed by atoms with E-state index in [9.17, 15) is 13.2 Å². The quantitative estimate of drug-likeness (QED) is 0.272. The third-order valence-electron chi connectivity index (χ3n) is 5.81. The predicted molar refractivity (Wildman–Crippen MR) is 132 cm³/mol. The molecule has 5 rings (SSSR count). The molecule has 11 heteroatoms. The van der Waals surface area contributed by atoms with Gasteiger partial charge in [-0.2, -0.15) is 18.3 Å². The first kappa shape index (κ1) is 24.3. The average Bonchev–Trinajstić information content (AvgIpc) is 3.45. The zero-order valence-corrected chi connectivity index (χ0v) is 20.2. The van der Waals surface area contributed by atoms with Crippen molar-refractivity contribution in [3.05, 3.63) is 89.0 Å². The van der Waals surface area contributed by atoms with Gasteiger partial charge in [-0.1, -0.05) is 18.2 Å². The average molecular weight is 508 g/mol. The second-order valence-corrected chi connectivity index (χ2v) is 8.57. The maximum Gasteiger partial charge on any atom is 0.419 e. The Kier molecular flexibility index (Phi) is 6.51. The van der Waals surface area contributed by atoms with E-state index in [2.05, 4.69) is 49.1 Å². The van der Waals surface area contributed by atoms with Crippen LogP contribution in [0.15, 0.2) is 60.9 Å². The minimum atomic E-state index is -4.49. The number of nitrogens with zero attached hydrogens (tertiary/aromatic N) is 5. The zero-order valence-electron chi connectivity index (χ0n) is 20.2. The lowest BCUT2D eigenvalue weighted by atomic mass is 10.1. The van der Waals surface area contributed by atoms with Gasteiger partial charge in [0.1, 0.15) is 5.75 Å². The molecular formula is C26H24F3N7O. The Bertz CT molecular complexity index is 1510. The van der Waals surface area contributed by atoms with Gasteiger partial charge in [0.2, 0.25) is 5.95 Å². The number of H-pyrrole nitrogens is 1. The SMILES string of the molecule is CCn1c(NCc2ccc(Oc3ncc(C(F)(F)F)cn3)cc2)nc2ccc(Cc3cc(C)[nH]n3)cc21. The first-order valence-corrected chi connectivity index (χ1v) is 11.7. The van der Waals surface area contributed by atoms with Crippen LogP contribution in [0.3, 0.4) is 0 Å². The van der Waals surface area contributed by atoms with E-state index in [4.69, 9.17) is 9.72 Å². The van der Waals surface area contributed by atoms with Crippen LogP contribution in [0.1, 0.15) is 35.0 Å². The molecule has 5 aromatic rings. The summed E-state index contributed by atoms with van der Waals surface area (Å²) >= 11 is 0. The molecule has 0 saturated carbocycles. The summed E-state index contributed by atoms with van der Waals surface area (Å²) in [5.74, 6) is 1.19. The maximum atomic E-state index is 12.7. The van der Waals surface area contributed by atoms with Gasteiger partial charge in [0, 0.05) is 37.6 Å². The predicted octanol–water partition coefficient (Wildman–Crippen LogP) is 5.89. The molecule has 0 saturated heterocycles. The molecule has 8 nitrogen and oxygen atoms in total. The van der Waals surface area contributed by atoms with E-state index in [0.717, 1.165) is 52.5 Å². The molecule has 37 heavy (non-hydrogen) atoms. The first-order valence-electron chi connectivity index (χ1n) is 11.7. The largest absolute Gasteiger partial charge is 0.424 e. The highest BCUT2D eigenvalue weighted by atomic mass is 19.4. The molecule has 2 N–H and O–H groups in total. The maximum absolute atomic E-state index is 12.7. The van der Waals surface area contributed by atoms with Gasteiger partial charge in [-0.25, -0.2) is 15.0 Å². The van der Waals surface area contributed by atoms with Gasteiger partial charge in [0.15, 0.2) is 0 Å². The number of aryl methyl sites for hydroxylation is 2. The molecule has 3 aromatic heterocycles. The van der Waals surface area contributed by atoms with Crippen LogP contribution in [-0.2, 0) is 25.7 Å². The van der Waals surface area contributed by atoms with Gasteiger partial charge in [0.05, 0.1) is 22.3 Å². The Labute approximate surface area is 210 Å². The summed E-state index contributed by atoms with van der Waals surface area (Å²) in [6, 6.07) is 15.3. The molecule has 0 amide bonds. The fraction of sp³-hybridized carbons (Fsp3) is 0.231. The van der Waals surface area contributed by atoms with Crippen LogP contribution in [0.25, 0.3) is 11.0 Å². The number of alkyl halides is 3. The Hall–Kier alpha value is -4.41. The molecule has 0 aliphatic rings. The van der Waals surface area contributed by atoms with Crippen molar-refractivity contribution in [1.29, 1.82) is 0 Å². The number of hydrogen-bond donors (Lipinski definition) is 2. The number of hydrogen-bond acceptors (Lipinski definition) is 6. The van der Waals surface area contributed by atoms with Gasteiger partial charge in [-0.15, -0.1) is 0 Å². The van der Waals surface area contributed by atoms with E-state index in [-0.39, 0.29) is 6.01 Å². The number of rotatable bonds is 8. The topological polar surface area (TPSA) is 93.5 Å². The van der Waals surface area contributed by atoms with Gasteiger partial charge in [-0.05, 0) is 55.3 Å². The number of fused-ring (bicyclic) bond motifs is 1. The van der Waals surface area contributed by atoms with Crippen LogP contribution in [0, 0.1) is 6.92 Å². The molecule has 0 aliphatic heterocycles. The fourth-order valence-electron chi connectivity index (χ4n) is 3.98. The Balaban J connectivity index is 1.25. The third-order valence-corrected chi connectivity index (χ3v) is 5.81. The van der Waals surface area contributed by atoms with Crippen molar-refractivity contribution in [1.82, 2.24) is 29.7 Å². The van der Waals surface area contributed by atoms with Crippen molar-refractivity contribution < 1.29 is 17.9 Å². The van der Waals surface area contributed by atoms with Crippen molar-refractivity contribution >= 4 is 17.0 Å². The lowest BCUT2D eigenvalue weighted by Crippen LogP contribution is -2.07. The lowest BCUT2D eigenvalue weighted by Gasteiger charge is -2.10. The smallest absolute Gasteiger partial charge is 0.419 e. The van der Waals surface area contributed by atoms with Gasteiger partial charge < -0.3 is 14.6 Å². The summed E-state index contributed by atoms with van der Waals surface area (Å²) in [6.07, 6.45) is -2.36. The normalized spacial score (nSPS) is 11.7. The van der Waals surface area contributed by atoms with Crippen LogP contribution in [0.5, 0.6) is 11.8 Å². The standard InChI is InChI=1S/C26H24F3N7O/c1-3-36-23-12-18(11-20-10-16(2)34-35-20)6-9-22(23)33-24(36)30-13-17-4-7-21(8-5-17)37-25-31-14-19(15-32-25)26(27,28)29/h4-10,12,14-15H,3,11,13H2,1-2H3,(H,30,33)(H,34,35). The summed E-state index contributed by atoms with van der Waals surface area (Å²) in [5, 5.41) is 10.7. The summed E-state index contributed by atoms with van der Waals surface area (Å²) in [6.45, 7) is 5.34. The highest BCUT2D eigenvalue weighted by molar-refractivity contribution is 5.79. The molecule has 0 bridgehead atoms. The molecule has 0 fully saturated rings. The molecule has 2 aromatic carbocycles. The van der Waals surface area contributed by atoms with E-state index in [1.165, 1.54) is 0 Å². The van der Waals surface area contributed by atoms with E-state index >= 15 is 0 Å². The molecule has 3 heterocycles. The molecule has 0 spiro atoms. The Morgan fingerprint density at radius 2 is 1.73 bits per heavy atom. The van der Waals surface area contributed by atoms with Crippen LogP contribution < -0.4 is 10.1 Å². The second-order valence-electron chi connectivity index (χ2n) is 8.57. The number of aromatic nitrogens is 6. The van der Waals surface area contributed by atoms with Crippen molar-refractivity contribution in [2.75, 3.05) is 5.32 Å². The van der Waals surface area contributed by atoms with E-state index in [0.29, 0.717) is 24.7 Å². The Morgan fingerprint density at radius 3 is 2.38 bits per heavy atom. The number of halogens is 3. The minimum absolute atomic E-state index is 0.155. The van der Waals surface area contributed by atoms with E-state index < -0.39 is 11.7 Å². The monoisotopic (exact) mass is 507 g/mol. The number of benzene rings is 2. The number of imidazole rings is 1. The van der Waals surface area contributed by atoms with Gasteiger partial charge in [-0.3, -0.25) is 5.10 Å². The second kappa shape index (κ2) is 9.92. The van der Waals surface area contributed by atoms with Crippen LogP contribution in [-0.4, -0.2) is 29.7 Å². The summed E-state index contributed by atoms with van der Waals surface area (Å²) in [4.78, 5) is 12.0. The molecule has 0 atom stereocenters. The van der Waals surface area contributed by atoms with Crippen molar-refractivity contribution in [3.8, 4) is 11.8 Å². The van der Waals surface area contributed by atoms with Gasteiger partial charge >= 0.3 is 12.2 Å². The van der Waals surface area contributed by atoms with Crippen molar-refractivity contribution in [3.63, 3.8) is 0 Å². The molecule has 0 aliphatic carbocycles. The highest BCUT2D eigenvalue weighted by Crippen LogP contribution is 2.29. The number of ether oxygens (including phenoxy) is 1.